The topological polar surface area (TPSA) is 116 Å². The van der Waals surface area contributed by atoms with Gasteiger partial charge in [-0.25, -0.2) is 0 Å². The van der Waals surface area contributed by atoms with Crippen molar-refractivity contribution >= 4 is 34.7 Å². The Hall–Kier alpha value is -4.27. The third-order valence-electron chi connectivity index (χ3n) is 4.00. The van der Waals surface area contributed by atoms with Crippen molar-refractivity contribution in [1.29, 1.82) is 10.7 Å². The molecule has 0 saturated heterocycles. The molecule has 0 aromatic heterocycles. The van der Waals surface area contributed by atoms with Gasteiger partial charge in [-0.1, -0.05) is 42.5 Å². The first-order valence-corrected chi connectivity index (χ1v) is 9.59. The molecular formula is C23H19N5O2S. The molecule has 3 aromatic rings. The zero-order chi connectivity index (χ0) is 22.6. The summed E-state index contributed by atoms with van der Waals surface area (Å²) in [4.78, 5) is 12.2. The van der Waals surface area contributed by atoms with Gasteiger partial charge in [-0.05, 0) is 54.5 Å². The number of thiocarbonyl (C=S) groups is 1. The summed E-state index contributed by atoms with van der Waals surface area (Å²) in [5.41, 5.74) is 3.79. The number of carbonyl (C=O) groups is 1. The normalized spacial score (nSPS) is 10.3. The minimum absolute atomic E-state index is 0.216. The summed E-state index contributed by atoms with van der Waals surface area (Å²) in [6, 6.07) is 26.1. The van der Waals surface area contributed by atoms with Gasteiger partial charge in [0.25, 0.3) is 0 Å². The number of anilines is 1. The van der Waals surface area contributed by atoms with Crippen LogP contribution in [0.2, 0.25) is 0 Å². The van der Waals surface area contributed by atoms with Crippen molar-refractivity contribution in [2.24, 2.45) is 0 Å². The average Bonchev–Trinajstić information content (AvgIpc) is 2.78. The molecule has 0 heterocycles. The van der Waals surface area contributed by atoms with Crippen LogP contribution in [0.25, 0.3) is 4.98 Å². The van der Waals surface area contributed by atoms with Gasteiger partial charge in [0, 0.05) is 23.8 Å². The maximum absolute atomic E-state index is 9.08. The van der Waals surface area contributed by atoms with E-state index in [1.807, 2.05) is 42.5 Å². The second-order valence-electron chi connectivity index (χ2n) is 6.32. The summed E-state index contributed by atoms with van der Waals surface area (Å²) in [7, 11) is 0. The van der Waals surface area contributed by atoms with Crippen LogP contribution in [0.15, 0.2) is 78.9 Å². The molecule has 7 nitrogen and oxygen atoms in total. The number of nitrogens with zero attached hydrogens (tertiary/aromatic N) is 3. The molecule has 0 radical (unpaired) electrons. The summed E-state index contributed by atoms with van der Waals surface area (Å²) in [6.45, 7) is 0.972. The van der Waals surface area contributed by atoms with Crippen molar-refractivity contribution in [1.82, 2.24) is 5.32 Å². The van der Waals surface area contributed by atoms with E-state index >= 15 is 0 Å². The Morgan fingerprint density at radius 1 is 1.03 bits per heavy atom. The van der Waals surface area contributed by atoms with Crippen molar-refractivity contribution in [3.63, 3.8) is 0 Å². The van der Waals surface area contributed by atoms with E-state index in [2.05, 4.69) is 21.7 Å². The van der Waals surface area contributed by atoms with Crippen molar-refractivity contribution in [2.45, 2.75) is 13.0 Å². The number of benzene rings is 3. The molecule has 0 amide bonds. The van der Waals surface area contributed by atoms with E-state index < -0.39 is 5.97 Å². The maximum atomic E-state index is 9.08. The third-order valence-corrected chi connectivity index (χ3v) is 4.22. The average molecular weight is 430 g/mol. The van der Waals surface area contributed by atoms with Gasteiger partial charge < -0.3 is 20.5 Å². The van der Waals surface area contributed by atoms with Gasteiger partial charge in [0.1, 0.15) is 0 Å². The number of rotatable bonds is 4. The highest BCUT2D eigenvalue weighted by Crippen LogP contribution is 2.25. The predicted molar refractivity (Wildman–Crippen MR) is 121 cm³/mol. The molecule has 0 saturated carbocycles. The number of aliphatic carboxylic acids is 1. The summed E-state index contributed by atoms with van der Waals surface area (Å²) < 4.78 is 0. The van der Waals surface area contributed by atoms with Crippen molar-refractivity contribution in [3.8, 4) is 6.07 Å². The largest absolute Gasteiger partial charge is 0.550 e. The molecule has 2 N–H and O–H groups in total. The van der Waals surface area contributed by atoms with Crippen LogP contribution in [-0.4, -0.2) is 11.1 Å². The minimum atomic E-state index is -1.08. The lowest BCUT2D eigenvalue weighted by molar-refractivity contribution is -0.302. The van der Waals surface area contributed by atoms with E-state index in [1.54, 1.807) is 36.4 Å². The van der Waals surface area contributed by atoms with Gasteiger partial charge >= 0.3 is 5.69 Å². The zero-order valence-electron chi connectivity index (χ0n) is 16.6. The van der Waals surface area contributed by atoms with E-state index in [4.69, 9.17) is 32.8 Å². The molecule has 0 bridgehead atoms. The second kappa shape index (κ2) is 11.7. The molecule has 0 aliphatic heterocycles. The van der Waals surface area contributed by atoms with Crippen LogP contribution in [-0.2, 0) is 4.79 Å². The van der Waals surface area contributed by atoms with Crippen molar-refractivity contribution < 1.29 is 9.90 Å². The number of hydrogen-bond donors (Lipinski definition) is 2. The number of carboxylic acid groups (broad SMARTS) is 1. The number of hydrogen-bond acceptors (Lipinski definition) is 5. The van der Waals surface area contributed by atoms with E-state index in [0.717, 1.165) is 23.7 Å². The van der Waals surface area contributed by atoms with Crippen molar-refractivity contribution in [3.05, 3.63) is 101 Å². The lowest BCUT2D eigenvalue weighted by Crippen LogP contribution is -2.33. The van der Waals surface area contributed by atoms with Crippen LogP contribution >= 0.6 is 12.2 Å². The van der Waals surface area contributed by atoms with Gasteiger partial charge in [0.05, 0.1) is 17.7 Å². The predicted octanol–water partition coefficient (Wildman–Crippen LogP) is 3.88. The van der Waals surface area contributed by atoms with E-state index in [9.17, 15) is 0 Å². The molecule has 0 aliphatic carbocycles. The molecule has 0 fully saturated rings. The van der Waals surface area contributed by atoms with Gasteiger partial charge in [0.15, 0.2) is 10.1 Å². The van der Waals surface area contributed by atoms with Crippen molar-refractivity contribution in [2.75, 3.05) is 5.32 Å². The van der Waals surface area contributed by atoms with Gasteiger partial charge in [-0.15, -0.1) is 0 Å². The van der Waals surface area contributed by atoms with Gasteiger partial charge in [-0.3, -0.25) is 0 Å². The van der Waals surface area contributed by atoms with E-state index in [1.165, 1.54) is 0 Å². The number of carbonyl (C=O) groups excluding carboxylic acids is 1. The molecule has 154 valence electrons. The standard InChI is InChI=1S/C21H15N5S.C2H4O2/c22-14-15-9-11-18(12-10-15)24-21(27)25-20(16-5-2-1-3-6-16)17-7-4-8-19(13-17)26-23;1-2(3)4/h1-13,20H,(H-,24,25,27);1H3,(H,3,4). The smallest absolute Gasteiger partial charge is 0.385 e. The molecule has 1 atom stereocenters. The van der Waals surface area contributed by atoms with Gasteiger partial charge in [-0.2, -0.15) is 5.26 Å². The molecule has 8 heteroatoms. The monoisotopic (exact) mass is 429 g/mol. The molecule has 3 aromatic carbocycles. The van der Waals surface area contributed by atoms with Crippen LogP contribution in [0.5, 0.6) is 0 Å². The Labute approximate surface area is 185 Å². The van der Waals surface area contributed by atoms with E-state index in [0.29, 0.717) is 16.4 Å². The first kappa shape index (κ1) is 23.0. The molecule has 0 aliphatic rings. The highest BCUT2D eigenvalue weighted by molar-refractivity contribution is 7.80. The minimum Gasteiger partial charge on any atom is -0.550 e. The Bertz CT molecular complexity index is 1120. The lowest BCUT2D eigenvalue weighted by Gasteiger charge is -2.21. The molecule has 1 unspecified atom stereocenters. The Balaban J connectivity index is 0.000000785. The fourth-order valence-corrected chi connectivity index (χ4v) is 2.93. The molecule has 0 spiro atoms. The Morgan fingerprint density at radius 3 is 2.23 bits per heavy atom. The first-order chi connectivity index (χ1) is 14.9. The number of carboxylic acids is 1. The quantitative estimate of drug-likeness (QED) is 0.477. The maximum Gasteiger partial charge on any atom is 0.385 e. The molecular weight excluding hydrogens is 410 g/mol. The highest BCUT2D eigenvalue weighted by Gasteiger charge is 2.18. The van der Waals surface area contributed by atoms with Gasteiger partial charge in [0.2, 0.25) is 5.39 Å². The van der Waals surface area contributed by atoms with Crippen LogP contribution in [0.1, 0.15) is 29.7 Å². The first-order valence-electron chi connectivity index (χ1n) is 9.18. The second-order valence-corrected chi connectivity index (χ2v) is 6.73. The summed E-state index contributed by atoms with van der Waals surface area (Å²) in [6.07, 6.45) is 0. The SMILES string of the molecule is CC(=O)[O-].N#Cc1ccc(NC(=S)NC(c2ccccc2)c2cccc([N+]#N)c2)cc1. The lowest BCUT2D eigenvalue weighted by atomic mass is 9.98. The van der Waals surface area contributed by atoms with Crippen LogP contribution in [0.3, 0.4) is 0 Å². The fourth-order valence-electron chi connectivity index (χ4n) is 2.70. The number of nitriles is 1. The van der Waals surface area contributed by atoms with E-state index in [-0.39, 0.29) is 6.04 Å². The molecule has 3 rings (SSSR count). The summed E-state index contributed by atoms with van der Waals surface area (Å²) >= 11 is 5.47. The Morgan fingerprint density at radius 2 is 1.65 bits per heavy atom. The number of diazo groups is 1. The third kappa shape index (κ3) is 7.58. The van der Waals surface area contributed by atoms with Crippen LogP contribution in [0.4, 0.5) is 11.4 Å². The Kier molecular flexibility index (Phi) is 8.66. The van der Waals surface area contributed by atoms with Crippen LogP contribution < -0.4 is 15.7 Å². The highest BCUT2D eigenvalue weighted by atomic mass is 32.1. The van der Waals surface area contributed by atoms with Crippen LogP contribution in [0, 0.1) is 16.7 Å². The zero-order valence-corrected chi connectivity index (χ0v) is 17.5. The molecule has 31 heavy (non-hydrogen) atoms. The number of nitrogens with one attached hydrogen (secondary N) is 2. The fraction of sp³-hybridized carbons (Fsp3) is 0.0870. The summed E-state index contributed by atoms with van der Waals surface area (Å²) in [5, 5.41) is 33.7. The summed E-state index contributed by atoms with van der Waals surface area (Å²) in [5.74, 6) is -1.08.